The summed E-state index contributed by atoms with van der Waals surface area (Å²) >= 11 is 4.92. The number of thiazole rings is 1. The van der Waals surface area contributed by atoms with Crippen molar-refractivity contribution >= 4 is 33.2 Å². The molecule has 1 aromatic rings. The number of alkyl halides is 1. The highest BCUT2D eigenvalue weighted by Gasteiger charge is 2.14. The molecule has 1 heterocycles. The maximum atomic E-state index is 11.1. The number of rotatable bonds is 5. The number of nitrogens with zero attached hydrogens (tertiary/aromatic N) is 1. The number of nitrogens with one attached hydrogen (secondary N) is 1. The zero-order valence-corrected chi connectivity index (χ0v) is 11.9. The van der Waals surface area contributed by atoms with E-state index >= 15 is 0 Å². The summed E-state index contributed by atoms with van der Waals surface area (Å²) in [6, 6.07) is 0. The molecule has 16 heavy (non-hydrogen) atoms. The molecule has 0 amide bonds. The molecule has 1 N–H and O–H groups in total. The van der Waals surface area contributed by atoms with Gasteiger partial charge in [0, 0.05) is 18.0 Å². The average Bonchev–Trinajstić information content (AvgIpc) is 2.57. The van der Waals surface area contributed by atoms with Gasteiger partial charge in [0.1, 0.15) is 9.83 Å². The van der Waals surface area contributed by atoms with Crippen molar-refractivity contribution in [2.45, 2.75) is 25.2 Å². The molecule has 1 unspecified atom stereocenters. The summed E-state index contributed by atoms with van der Waals surface area (Å²) in [5.74, 6) is -0.265. The van der Waals surface area contributed by atoms with Crippen LogP contribution in [0.1, 0.15) is 15.6 Å². The average molecular weight is 307 g/mol. The van der Waals surface area contributed by atoms with Crippen molar-refractivity contribution in [3.8, 4) is 0 Å². The molecule has 0 radical (unpaired) electrons. The molecule has 0 aliphatic rings. The van der Waals surface area contributed by atoms with Gasteiger partial charge in [-0.25, -0.2) is 4.98 Å². The molecular formula is C10H15BrN2O2S. The predicted molar refractivity (Wildman–Crippen MR) is 68.0 cm³/mol. The minimum absolute atomic E-state index is 0.265. The number of esters is 1. The number of hydrogen-bond donors (Lipinski definition) is 1. The Kier molecular flexibility index (Phi) is 5.37. The van der Waals surface area contributed by atoms with Crippen LogP contribution in [0.3, 0.4) is 0 Å². The molecule has 0 spiro atoms. The molecule has 1 aromatic heterocycles. The number of aromatic nitrogens is 1. The van der Waals surface area contributed by atoms with Crippen LogP contribution in [0.2, 0.25) is 0 Å². The van der Waals surface area contributed by atoms with Gasteiger partial charge in [-0.3, -0.25) is 4.79 Å². The molecule has 0 aliphatic heterocycles. The Morgan fingerprint density at radius 1 is 1.62 bits per heavy atom. The van der Waals surface area contributed by atoms with E-state index in [1.807, 2.05) is 6.92 Å². The van der Waals surface area contributed by atoms with Crippen molar-refractivity contribution in [3.05, 3.63) is 15.6 Å². The zero-order chi connectivity index (χ0) is 12.1. The van der Waals surface area contributed by atoms with Crippen LogP contribution in [-0.2, 0) is 16.1 Å². The van der Waals surface area contributed by atoms with Crippen LogP contribution in [0.15, 0.2) is 0 Å². The minimum Gasteiger partial charge on any atom is -0.468 e. The normalized spacial score (nSPS) is 12.5. The maximum Gasteiger partial charge on any atom is 0.320 e. The summed E-state index contributed by atoms with van der Waals surface area (Å²) in [5.41, 5.74) is 1.07. The first kappa shape index (κ1) is 13.6. The third-order valence-corrected chi connectivity index (χ3v) is 3.90. The Hall–Kier alpha value is -0.460. The number of ether oxygens (including phenoxy) is 1. The van der Waals surface area contributed by atoms with Crippen LogP contribution in [0, 0.1) is 13.8 Å². The molecule has 6 heteroatoms. The van der Waals surface area contributed by atoms with Crippen LogP contribution in [-0.4, -0.2) is 29.4 Å². The van der Waals surface area contributed by atoms with Gasteiger partial charge < -0.3 is 10.1 Å². The van der Waals surface area contributed by atoms with E-state index in [1.165, 1.54) is 12.0 Å². The Balaban J connectivity index is 2.33. The summed E-state index contributed by atoms with van der Waals surface area (Å²) in [4.78, 5) is 16.4. The Morgan fingerprint density at radius 2 is 2.31 bits per heavy atom. The van der Waals surface area contributed by atoms with E-state index in [9.17, 15) is 4.79 Å². The molecule has 0 bridgehead atoms. The first-order chi connectivity index (χ1) is 7.54. The monoisotopic (exact) mass is 306 g/mol. The molecule has 0 saturated heterocycles. The second kappa shape index (κ2) is 6.32. The molecular weight excluding hydrogens is 292 g/mol. The number of aryl methyl sites for hydroxylation is 2. The molecule has 1 rings (SSSR count). The minimum atomic E-state index is -0.306. The fourth-order valence-electron chi connectivity index (χ4n) is 1.13. The number of carbonyl (C=O) groups excluding carboxylic acids is 1. The fraction of sp³-hybridized carbons (Fsp3) is 0.600. The second-order valence-electron chi connectivity index (χ2n) is 3.37. The third kappa shape index (κ3) is 3.84. The van der Waals surface area contributed by atoms with Crippen LogP contribution in [0.5, 0.6) is 0 Å². The van der Waals surface area contributed by atoms with Gasteiger partial charge in [-0.15, -0.1) is 11.3 Å². The molecule has 90 valence electrons. The number of hydrogen-bond acceptors (Lipinski definition) is 5. The van der Waals surface area contributed by atoms with Gasteiger partial charge in [0.15, 0.2) is 0 Å². The van der Waals surface area contributed by atoms with Crippen molar-refractivity contribution in [1.82, 2.24) is 10.3 Å². The van der Waals surface area contributed by atoms with Gasteiger partial charge >= 0.3 is 5.97 Å². The Labute approximate surface area is 108 Å². The predicted octanol–water partition coefficient (Wildman–Crippen LogP) is 1.79. The highest BCUT2D eigenvalue weighted by Crippen LogP contribution is 2.16. The van der Waals surface area contributed by atoms with Gasteiger partial charge in [-0.05, 0) is 13.8 Å². The molecule has 1 atom stereocenters. The van der Waals surface area contributed by atoms with Gasteiger partial charge in [-0.2, -0.15) is 0 Å². The largest absolute Gasteiger partial charge is 0.468 e. The highest BCUT2D eigenvalue weighted by molar-refractivity contribution is 9.10. The lowest BCUT2D eigenvalue weighted by Crippen LogP contribution is -2.29. The second-order valence-corrected chi connectivity index (χ2v) is 5.76. The highest BCUT2D eigenvalue weighted by atomic mass is 79.9. The Bertz CT molecular complexity index is 348. The summed E-state index contributed by atoms with van der Waals surface area (Å²) in [6.07, 6.45) is 0. The van der Waals surface area contributed by atoms with Crippen molar-refractivity contribution in [1.29, 1.82) is 0 Å². The number of carbonyl (C=O) groups is 1. The smallest absolute Gasteiger partial charge is 0.320 e. The lowest BCUT2D eigenvalue weighted by Gasteiger charge is -2.07. The lowest BCUT2D eigenvalue weighted by atomic mass is 10.4. The van der Waals surface area contributed by atoms with Gasteiger partial charge in [0.2, 0.25) is 0 Å². The zero-order valence-electron chi connectivity index (χ0n) is 9.54. The Morgan fingerprint density at radius 3 is 2.81 bits per heavy atom. The van der Waals surface area contributed by atoms with Crippen LogP contribution >= 0.6 is 27.3 Å². The maximum absolute atomic E-state index is 11.1. The quantitative estimate of drug-likeness (QED) is 0.665. The topological polar surface area (TPSA) is 51.2 Å². The summed E-state index contributed by atoms with van der Waals surface area (Å²) in [5, 5.41) is 4.20. The standard InChI is InChI=1S/C10H15BrN2O2S/c1-6-7(2)16-9(13-6)5-12-4-8(11)10(14)15-3/h8,12H,4-5H2,1-3H3. The van der Waals surface area contributed by atoms with Crippen LogP contribution in [0.25, 0.3) is 0 Å². The number of methoxy groups -OCH3 is 1. The summed E-state index contributed by atoms with van der Waals surface area (Å²) in [7, 11) is 1.38. The lowest BCUT2D eigenvalue weighted by molar-refractivity contribution is -0.139. The van der Waals surface area contributed by atoms with Crippen molar-refractivity contribution in [2.24, 2.45) is 0 Å². The first-order valence-corrected chi connectivity index (χ1v) is 6.63. The van der Waals surface area contributed by atoms with Gasteiger partial charge in [-0.1, -0.05) is 15.9 Å². The number of halogens is 1. The van der Waals surface area contributed by atoms with Crippen LogP contribution < -0.4 is 5.32 Å². The molecule has 0 saturated carbocycles. The molecule has 4 nitrogen and oxygen atoms in total. The van der Waals surface area contributed by atoms with Gasteiger partial charge in [0.05, 0.1) is 12.8 Å². The first-order valence-electron chi connectivity index (χ1n) is 4.90. The fourth-order valence-corrected chi connectivity index (χ4v) is 2.45. The summed E-state index contributed by atoms with van der Waals surface area (Å²) < 4.78 is 4.60. The SMILES string of the molecule is COC(=O)C(Br)CNCc1nc(C)c(C)s1. The summed E-state index contributed by atoms with van der Waals surface area (Å²) in [6.45, 7) is 5.26. The van der Waals surface area contributed by atoms with E-state index in [-0.39, 0.29) is 10.8 Å². The van der Waals surface area contributed by atoms with E-state index in [4.69, 9.17) is 0 Å². The van der Waals surface area contributed by atoms with E-state index in [2.05, 4.69) is 37.9 Å². The van der Waals surface area contributed by atoms with Crippen LogP contribution in [0.4, 0.5) is 0 Å². The van der Waals surface area contributed by atoms with Crippen molar-refractivity contribution in [3.63, 3.8) is 0 Å². The molecule has 0 aliphatic carbocycles. The third-order valence-electron chi connectivity index (χ3n) is 2.13. The van der Waals surface area contributed by atoms with Gasteiger partial charge in [0.25, 0.3) is 0 Å². The van der Waals surface area contributed by atoms with Crippen molar-refractivity contribution in [2.75, 3.05) is 13.7 Å². The van der Waals surface area contributed by atoms with E-state index in [1.54, 1.807) is 11.3 Å². The van der Waals surface area contributed by atoms with E-state index in [0.717, 1.165) is 10.7 Å². The molecule has 0 aromatic carbocycles. The van der Waals surface area contributed by atoms with E-state index < -0.39 is 0 Å². The molecule has 0 fully saturated rings. The van der Waals surface area contributed by atoms with Crippen molar-refractivity contribution < 1.29 is 9.53 Å². The van der Waals surface area contributed by atoms with E-state index in [0.29, 0.717) is 13.1 Å².